The van der Waals surface area contributed by atoms with Crippen LogP contribution in [0, 0.1) is 5.92 Å². The molecule has 0 radical (unpaired) electrons. The molecule has 2 aliphatic rings. The van der Waals surface area contributed by atoms with Gasteiger partial charge in [0.2, 0.25) is 0 Å². The molecule has 28 heavy (non-hydrogen) atoms. The van der Waals surface area contributed by atoms with Crippen LogP contribution in [0.1, 0.15) is 58.3 Å². The lowest BCUT2D eigenvalue weighted by molar-refractivity contribution is 0.127. The van der Waals surface area contributed by atoms with Crippen molar-refractivity contribution in [2.45, 2.75) is 70.9 Å². The Bertz CT molecular complexity index is 846. The number of piperidine rings is 1. The van der Waals surface area contributed by atoms with Crippen LogP contribution < -0.4 is 16.2 Å². The van der Waals surface area contributed by atoms with Crippen molar-refractivity contribution >= 4 is 17.0 Å². The summed E-state index contributed by atoms with van der Waals surface area (Å²) in [7, 11) is 0. The van der Waals surface area contributed by atoms with E-state index < -0.39 is 0 Å². The van der Waals surface area contributed by atoms with Gasteiger partial charge >= 0.3 is 11.7 Å². The van der Waals surface area contributed by atoms with Gasteiger partial charge in [0.25, 0.3) is 0 Å². The molecule has 0 unspecified atom stereocenters. The number of fused-ring (bicyclic) bond motifs is 1. The molecule has 2 fully saturated rings. The molecule has 0 bridgehead atoms. The van der Waals surface area contributed by atoms with Crippen molar-refractivity contribution in [3.63, 3.8) is 0 Å². The minimum Gasteiger partial charge on any atom is -0.463 e. The molecular weight excluding hydrogens is 356 g/mol. The second kappa shape index (κ2) is 8.51. The van der Waals surface area contributed by atoms with Crippen molar-refractivity contribution in [1.82, 2.24) is 24.4 Å². The van der Waals surface area contributed by atoms with Crippen molar-refractivity contribution in [1.29, 1.82) is 0 Å². The number of ether oxygens (including phenoxy) is 1. The normalized spacial score (nSPS) is 19.6. The minimum absolute atomic E-state index is 0.167. The van der Waals surface area contributed by atoms with E-state index in [2.05, 4.69) is 26.8 Å². The van der Waals surface area contributed by atoms with Crippen molar-refractivity contribution in [3.8, 4) is 6.01 Å². The van der Waals surface area contributed by atoms with E-state index >= 15 is 0 Å². The van der Waals surface area contributed by atoms with E-state index in [0.717, 1.165) is 44.8 Å². The van der Waals surface area contributed by atoms with E-state index in [9.17, 15) is 4.79 Å². The van der Waals surface area contributed by atoms with Crippen molar-refractivity contribution in [2.75, 3.05) is 25.4 Å². The molecule has 3 N–H and O–H groups in total. The predicted octanol–water partition coefficient (Wildman–Crippen LogP) is 2.54. The molecule has 2 aromatic rings. The number of likely N-dealkylation sites (tertiary alicyclic amines) is 1. The standard InChI is InChI=1S/C20H32N6O2/c1-2-3-12-28-19-23-17(21)16-18(24-19)26(20(27)22-16)13-14-8-10-25(11-9-14)15-6-4-5-7-15/h14-15H,2-13H2,1H3,(H,22,27)(H2,21,23,24). The third kappa shape index (κ3) is 4.01. The maximum atomic E-state index is 12.5. The number of anilines is 1. The predicted molar refractivity (Wildman–Crippen MR) is 110 cm³/mol. The number of aromatic amines is 1. The monoisotopic (exact) mass is 388 g/mol. The molecule has 1 aliphatic heterocycles. The molecule has 1 aliphatic carbocycles. The van der Waals surface area contributed by atoms with Gasteiger partial charge in [-0.15, -0.1) is 0 Å². The van der Waals surface area contributed by atoms with Gasteiger partial charge in [-0.1, -0.05) is 26.2 Å². The molecule has 3 heterocycles. The second-order valence-corrected chi connectivity index (χ2v) is 8.25. The summed E-state index contributed by atoms with van der Waals surface area (Å²) in [6, 6.07) is 1.04. The molecule has 0 amide bonds. The number of nitrogens with zero attached hydrogens (tertiary/aromatic N) is 4. The summed E-state index contributed by atoms with van der Waals surface area (Å²) in [5.74, 6) is 0.749. The Morgan fingerprint density at radius 2 is 1.93 bits per heavy atom. The number of aromatic nitrogens is 4. The minimum atomic E-state index is -0.167. The van der Waals surface area contributed by atoms with E-state index in [0.29, 0.717) is 30.2 Å². The van der Waals surface area contributed by atoms with Crippen LogP contribution in [0.15, 0.2) is 4.79 Å². The third-order valence-electron chi connectivity index (χ3n) is 6.29. The summed E-state index contributed by atoms with van der Waals surface area (Å²) in [6.45, 7) is 5.59. The molecule has 154 valence electrons. The maximum Gasteiger partial charge on any atom is 0.327 e. The molecule has 1 saturated heterocycles. The molecule has 8 heteroatoms. The van der Waals surface area contributed by atoms with E-state index in [-0.39, 0.29) is 17.5 Å². The highest BCUT2D eigenvalue weighted by molar-refractivity contribution is 5.81. The highest BCUT2D eigenvalue weighted by Crippen LogP contribution is 2.29. The van der Waals surface area contributed by atoms with Gasteiger partial charge < -0.3 is 20.4 Å². The quantitative estimate of drug-likeness (QED) is 0.707. The number of unbranched alkanes of at least 4 members (excludes halogenated alkanes) is 1. The zero-order valence-electron chi connectivity index (χ0n) is 16.8. The number of rotatable bonds is 7. The molecule has 0 atom stereocenters. The van der Waals surface area contributed by atoms with Crippen LogP contribution in [0.25, 0.3) is 11.2 Å². The SMILES string of the molecule is CCCCOc1nc(N)c2[nH]c(=O)n(CC3CCN(C4CCCC4)CC3)c2n1. The van der Waals surface area contributed by atoms with Crippen molar-refractivity contribution in [2.24, 2.45) is 5.92 Å². The average Bonchev–Trinajstić information content (AvgIpc) is 3.33. The summed E-state index contributed by atoms with van der Waals surface area (Å²) in [5.41, 5.74) is 6.94. The van der Waals surface area contributed by atoms with Crippen LogP contribution in [-0.2, 0) is 6.54 Å². The van der Waals surface area contributed by atoms with Crippen molar-refractivity contribution in [3.05, 3.63) is 10.5 Å². The number of nitrogen functional groups attached to an aromatic ring is 1. The Morgan fingerprint density at radius 1 is 1.18 bits per heavy atom. The topological polar surface area (TPSA) is 102 Å². The summed E-state index contributed by atoms with van der Waals surface area (Å²) in [5, 5.41) is 0. The summed E-state index contributed by atoms with van der Waals surface area (Å²) in [4.78, 5) is 26.7. The first kappa shape index (κ1) is 19.2. The molecule has 0 spiro atoms. The largest absolute Gasteiger partial charge is 0.463 e. The Labute approximate surface area is 165 Å². The van der Waals surface area contributed by atoms with Gasteiger partial charge in [0, 0.05) is 12.6 Å². The number of nitrogens with two attached hydrogens (primary N) is 1. The van der Waals surface area contributed by atoms with Crippen LogP contribution in [0.2, 0.25) is 0 Å². The Kier molecular flexibility index (Phi) is 5.85. The van der Waals surface area contributed by atoms with Crippen LogP contribution in [0.4, 0.5) is 5.82 Å². The average molecular weight is 389 g/mol. The molecule has 4 rings (SSSR count). The van der Waals surface area contributed by atoms with E-state index in [4.69, 9.17) is 10.5 Å². The van der Waals surface area contributed by atoms with Crippen LogP contribution in [0.3, 0.4) is 0 Å². The summed E-state index contributed by atoms with van der Waals surface area (Å²) < 4.78 is 7.34. The van der Waals surface area contributed by atoms with Gasteiger partial charge in [-0.2, -0.15) is 9.97 Å². The number of nitrogens with one attached hydrogen (secondary N) is 1. The third-order valence-corrected chi connectivity index (χ3v) is 6.29. The zero-order valence-corrected chi connectivity index (χ0v) is 16.8. The smallest absolute Gasteiger partial charge is 0.327 e. The summed E-state index contributed by atoms with van der Waals surface area (Å²) >= 11 is 0. The lowest BCUT2D eigenvalue weighted by Crippen LogP contribution is -2.41. The number of hydrogen-bond donors (Lipinski definition) is 2. The molecule has 8 nitrogen and oxygen atoms in total. The fourth-order valence-corrected chi connectivity index (χ4v) is 4.60. The van der Waals surface area contributed by atoms with Crippen LogP contribution in [-0.4, -0.2) is 50.2 Å². The number of hydrogen-bond acceptors (Lipinski definition) is 6. The van der Waals surface area contributed by atoms with Gasteiger partial charge in [0.15, 0.2) is 11.5 Å². The van der Waals surface area contributed by atoms with Crippen LogP contribution >= 0.6 is 0 Å². The van der Waals surface area contributed by atoms with E-state index in [1.807, 2.05) is 0 Å². The fourth-order valence-electron chi connectivity index (χ4n) is 4.60. The number of H-pyrrole nitrogens is 1. The highest BCUT2D eigenvalue weighted by Gasteiger charge is 2.28. The van der Waals surface area contributed by atoms with Gasteiger partial charge in [0.1, 0.15) is 5.52 Å². The van der Waals surface area contributed by atoms with Gasteiger partial charge in [-0.25, -0.2) is 4.79 Å². The van der Waals surface area contributed by atoms with Gasteiger partial charge in [-0.3, -0.25) is 4.57 Å². The Morgan fingerprint density at radius 3 is 2.64 bits per heavy atom. The molecule has 0 aromatic carbocycles. The van der Waals surface area contributed by atoms with Crippen molar-refractivity contribution < 1.29 is 4.74 Å². The number of imidazole rings is 1. The van der Waals surface area contributed by atoms with Gasteiger partial charge in [0.05, 0.1) is 6.61 Å². The first-order valence-electron chi connectivity index (χ1n) is 10.8. The highest BCUT2D eigenvalue weighted by atomic mass is 16.5. The molecular formula is C20H32N6O2. The molecule has 2 aromatic heterocycles. The molecule has 1 saturated carbocycles. The van der Waals surface area contributed by atoms with E-state index in [1.54, 1.807) is 4.57 Å². The zero-order chi connectivity index (χ0) is 19.5. The van der Waals surface area contributed by atoms with Crippen LogP contribution in [0.5, 0.6) is 6.01 Å². The summed E-state index contributed by atoms with van der Waals surface area (Å²) in [6.07, 6.45) is 9.66. The first-order valence-corrected chi connectivity index (χ1v) is 10.8. The second-order valence-electron chi connectivity index (χ2n) is 8.25. The van der Waals surface area contributed by atoms with E-state index in [1.165, 1.54) is 25.7 Å². The lowest BCUT2D eigenvalue weighted by Gasteiger charge is -2.36. The fraction of sp³-hybridized carbons (Fsp3) is 0.750. The first-order chi connectivity index (χ1) is 13.7. The maximum absolute atomic E-state index is 12.5. The Balaban J connectivity index is 1.47. The lowest BCUT2D eigenvalue weighted by atomic mass is 9.95. The van der Waals surface area contributed by atoms with Gasteiger partial charge in [-0.05, 0) is 51.1 Å². The Hall–Kier alpha value is -2.09.